The van der Waals surface area contributed by atoms with E-state index in [4.69, 9.17) is 0 Å². The Morgan fingerprint density at radius 3 is 2.62 bits per heavy atom. The Morgan fingerprint density at radius 1 is 1.17 bits per heavy atom. The SMILES string of the molecule is O=C1CC2(CCN(C(=O)[C@@H]3CCCc4ccccc43)CC2)C(=O)N1. The molecule has 5 nitrogen and oxygen atoms in total. The first kappa shape index (κ1) is 15.4. The third kappa shape index (κ3) is 2.43. The number of aryl methyl sites for hydroxylation is 1. The molecule has 3 amide bonds. The van der Waals surface area contributed by atoms with Gasteiger partial charge in [0.1, 0.15) is 0 Å². The van der Waals surface area contributed by atoms with Gasteiger partial charge >= 0.3 is 0 Å². The molecule has 24 heavy (non-hydrogen) atoms. The van der Waals surface area contributed by atoms with E-state index < -0.39 is 5.41 Å². The average molecular weight is 326 g/mol. The van der Waals surface area contributed by atoms with Crippen molar-refractivity contribution in [2.45, 2.75) is 44.4 Å². The first-order valence-electron chi connectivity index (χ1n) is 8.80. The molecule has 1 N–H and O–H groups in total. The number of imide groups is 1. The molecule has 1 aliphatic carbocycles. The van der Waals surface area contributed by atoms with Crippen LogP contribution < -0.4 is 5.32 Å². The molecule has 0 radical (unpaired) electrons. The molecule has 2 fully saturated rings. The molecular weight excluding hydrogens is 304 g/mol. The maximum absolute atomic E-state index is 13.0. The summed E-state index contributed by atoms with van der Waals surface area (Å²) in [5.74, 6) is -0.201. The summed E-state index contributed by atoms with van der Waals surface area (Å²) < 4.78 is 0. The quantitative estimate of drug-likeness (QED) is 0.800. The second kappa shape index (κ2) is 5.72. The smallest absolute Gasteiger partial charge is 0.233 e. The zero-order valence-electron chi connectivity index (χ0n) is 13.7. The van der Waals surface area contributed by atoms with Gasteiger partial charge in [-0.3, -0.25) is 19.7 Å². The summed E-state index contributed by atoms with van der Waals surface area (Å²) in [6.07, 6.45) is 4.44. The Morgan fingerprint density at radius 2 is 1.92 bits per heavy atom. The molecular formula is C19H22N2O3. The van der Waals surface area contributed by atoms with Gasteiger partial charge in [-0.25, -0.2) is 0 Å². The van der Waals surface area contributed by atoms with Crippen molar-refractivity contribution in [3.05, 3.63) is 35.4 Å². The van der Waals surface area contributed by atoms with Crippen LogP contribution in [0.15, 0.2) is 24.3 Å². The van der Waals surface area contributed by atoms with Crippen molar-refractivity contribution < 1.29 is 14.4 Å². The zero-order valence-corrected chi connectivity index (χ0v) is 13.7. The highest BCUT2D eigenvalue weighted by atomic mass is 16.2. The summed E-state index contributed by atoms with van der Waals surface area (Å²) in [6, 6.07) is 8.23. The van der Waals surface area contributed by atoms with Crippen LogP contribution in [0.4, 0.5) is 0 Å². The summed E-state index contributed by atoms with van der Waals surface area (Å²) in [4.78, 5) is 38.5. The molecule has 1 spiro atoms. The minimum atomic E-state index is -0.571. The van der Waals surface area contributed by atoms with Gasteiger partial charge in [-0.1, -0.05) is 24.3 Å². The number of nitrogens with zero attached hydrogens (tertiary/aromatic N) is 1. The second-order valence-electron chi connectivity index (χ2n) is 7.30. The van der Waals surface area contributed by atoms with Crippen LogP contribution in [-0.2, 0) is 20.8 Å². The van der Waals surface area contributed by atoms with E-state index in [9.17, 15) is 14.4 Å². The molecule has 1 aromatic carbocycles. The lowest BCUT2D eigenvalue weighted by Gasteiger charge is -2.39. The number of carbonyl (C=O) groups is 3. The van der Waals surface area contributed by atoms with Crippen LogP contribution in [0, 0.1) is 5.41 Å². The molecule has 1 atom stereocenters. The van der Waals surface area contributed by atoms with E-state index in [1.54, 1.807) is 0 Å². The fraction of sp³-hybridized carbons (Fsp3) is 0.526. The van der Waals surface area contributed by atoms with Crippen LogP contribution in [-0.4, -0.2) is 35.7 Å². The van der Waals surface area contributed by atoms with Gasteiger partial charge in [-0.15, -0.1) is 0 Å². The lowest BCUT2D eigenvalue weighted by Crippen LogP contribution is -2.47. The van der Waals surface area contributed by atoms with E-state index in [1.165, 1.54) is 11.1 Å². The Bertz CT molecular complexity index is 704. The summed E-state index contributed by atoms with van der Waals surface area (Å²) in [5, 5.41) is 2.42. The van der Waals surface area contributed by atoms with E-state index >= 15 is 0 Å². The van der Waals surface area contributed by atoms with Crippen LogP contribution >= 0.6 is 0 Å². The standard InChI is InChI=1S/C19H22N2O3/c22-16-12-19(18(24)20-16)8-10-21(11-9-19)17(23)15-7-3-5-13-4-1-2-6-14(13)15/h1-2,4,6,15H,3,5,7-12H2,(H,20,22,24)/t15-/m1/s1. The molecule has 0 saturated carbocycles. The number of benzene rings is 1. The maximum Gasteiger partial charge on any atom is 0.233 e. The number of likely N-dealkylation sites (tertiary alicyclic amines) is 1. The number of piperidine rings is 1. The van der Waals surface area contributed by atoms with Crippen LogP contribution in [0.5, 0.6) is 0 Å². The topological polar surface area (TPSA) is 66.5 Å². The minimum absolute atomic E-state index is 0.0527. The fourth-order valence-corrected chi connectivity index (χ4v) is 4.48. The lowest BCUT2D eigenvalue weighted by atomic mass is 9.76. The van der Waals surface area contributed by atoms with Crippen LogP contribution in [0.3, 0.4) is 0 Å². The van der Waals surface area contributed by atoms with E-state index in [0.29, 0.717) is 25.9 Å². The van der Waals surface area contributed by atoms with Crippen molar-refractivity contribution in [3.8, 4) is 0 Å². The first-order chi connectivity index (χ1) is 11.6. The number of carbonyl (C=O) groups excluding carboxylic acids is 3. The largest absolute Gasteiger partial charge is 0.342 e. The van der Waals surface area contributed by atoms with E-state index in [-0.39, 0.29) is 30.1 Å². The third-order valence-corrected chi connectivity index (χ3v) is 5.93. The summed E-state index contributed by atoms with van der Waals surface area (Å²) in [6.45, 7) is 1.14. The van der Waals surface area contributed by atoms with Crippen molar-refractivity contribution in [2.24, 2.45) is 5.41 Å². The summed E-state index contributed by atoms with van der Waals surface area (Å²) >= 11 is 0. The highest BCUT2D eigenvalue weighted by Crippen LogP contribution is 2.40. The van der Waals surface area contributed by atoms with Gasteiger partial charge < -0.3 is 4.90 Å². The molecule has 0 aromatic heterocycles. The van der Waals surface area contributed by atoms with Gasteiger partial charge in [0.2, 0.25) is 17.7 Å². The van der Waals surface area contributed by atoms with Crippen LogP contribution in [0.25, 0.3) is 0 Å². The van der Waals surface area contributed by atoms with Crippen molar-refractivity contribution in [2.75, 3.05) is 13.1 Å². The summed E-state index contributed by atoms with van der Waals surface area (Å²) in [5.41, 5.74) is 1.89. The van der Waals surface area contributed by atoms with E-state index in [1.807, 2.05) is 17.0 Å². The molecule has 0 unspecified atom stereocenters. The molecule has 2 aliphatic heterocycles. The van der Waals surface area contributed by atoms with Crippen molar-refractivity contribution in [1.82, 2.24) is 10.2 Å². The molecule has 5 heteroatoms. The monoisotopic (exact) mass is 326 g/mol. The van der Waals surface area contributed by atoms with Crippen molar-refractivity contribution in [1.29, 1.82) is 0 Å². The number of rotatable bonds is 1. The Balaban J connectivity index is 1.48. The van der Waals surface area contributed by atoms with Gasteiger partial charge in [0.15, 0.2) is 0 Å². The molecule has 3 aliphatic rings. The third-order valence-electron chi connectivity index (χ3n) is 5.93. The Kier molecular flexibility index (Phi) is 3.66. The molecule has 1 aromatic rings. The van der Waals surface area contributed by atoms with Gasteiger partial charge in [0.05, 0.1) is 11.3 Å². The van der Waals surface area contributed by atoms with Crippen molar-refractivity contribution in [3.63, 3.8) is 0 Å². The molecule has 126 valence electrons. The Labute approximate surface area is 141 Å². The molecule has 2 heterocycles. The predicted molar refractivity (Wildman–Crippen MR) is 88.1 cm³/mol. The minimum Gasteiger partial charge on any atom is -0.342 e. The molecule has 2 saturated heterocycles. The number of nitrogens with one attached hydrogen (secondary N) is 1. The molecule has 0 bridgehead atoms. The van der Waals surface area contributed by atoms with Gasteiger partial charge in [0.25, 0.3) is 0 Å². The zero-order chi connectivity index (χ0) is 16.7. The van der Waals surface area contributed by atoms with Crippen LogP contribution in [0.2, 0.25) is 0 Å². The highest BCUT2D eigenvalue weighted by Gasteiger charge is 2.49. The number of fused-ring (bicyclic) bond motifs is 1. The number of hydrogen-bond acceptors (Lipinski definition) is 3. The predicted octanol–water partition coefficient (Wildman–Crippen LogP) is 1.76. The highest BCUT2D eigenvalue weighted by molar-refractivity contribution is 6.06. The van der Waals surface area contributed by atoms with Gasteiger partial charge in [-0.2, -0.15) is 0 Å². The van der Waals surface area contributed by atoms with Crippen molar-refractivity contribution >= 4 is 17.7 Å². The van der Waals surface area contributed by atoms with Gasteiger partial charge in [-0.05, 0) is 43.2 Å². The average Bonchev–Trinajstić information content (AvgIpc) is 2.87. The van der Waals surface area contributed by atoms with E-state index in [2.05, 4.69) is 17.4 Å². The second-order valence-corrected chi connectivity index (χ2v) is 7.30. The lowest BCUT2D eigenvalue weighted by molar-refractivity contribution is -0.139. The maximum atomic E-state index is 13.0. The van der Waals surface area contributed by atoms with Gasteiger partial charge in [0, 0.05) is 19.5 Å². The normalized spacial score (nSPS) is 25.5. The molecule has 4 rings (SSSR count). The number of amides is 3. The number of hydrogen-bond donors (Lipinski definition) is 1. The summed E-state index contributed by atoms with van der Waals surface area (Å²) in [7, 11) is 0. The first-order valence-corrected chi connectivity index (χ1v) is 8.80. The van der Waals surface area contributed by atoms with E-state index in [0.717, 1.165) is 19.3 Å². The fourth-order valence-electron chi connectivity index (χ4n) is 4.48. The Hall–Kier alpha value is -2.17. The van der Waals surface area contributed by atoms with Crippen LogP contribution in [0.1, 0.15) is 49.1 Å².